The van der Waals surface area contributed by atoms with Crippen molar-refractivity contribution in [3.63, 3.8) is 0 Å². The molecule has 1 heterocycles. The number of hydrogen-bond acceptors (Lipinski definition) is 5. The van der Waals surface area contributed by atoms with Crippen LogP contribution in [0, 0.1) is 10.1 Å². The van der Waals surface area contributed by atoms with E-state index in [1.165, 1.54) is 12.6 Å². The molecule has 1 aliphatic carbocycles. The number of halogens is 1. The highest BCUT2D eigenvalue weighted by Gasteiger charge is 2.29. The molecule has 0 atom stereocenters. The van der Waals surface area contributed by atoms with E-state index in [0.29, 0.717) is 16.7 Å². The zero-order chi connectivity index (χ0) is 14.5. The first-order chi connectivity index (χ1) is 9.65. The average molecular weight is 344 g/mol. The monoisotopic (exact) mass is 343 g/mol. The van der Waals surface area contributed by atoms with Crippen LogP contribution >= 0.6 is 15.9 Å². The fourth-order valence-corrected chi connectivity index (χ4v) is 3.36. The molecule has 110 valence electrons. The van der Waals surface area contributed by atoms with Gasteiger partial charge in [-0.25, -0.2) is 0 Å². The van der Waals surface area contributed by atoms with E-state index >= 15 is 0 Å². The Morgan fingerprint density at radius 3 is 2.70 bits per heavy atom. The molecule has 7 heteroatoms. The summed E-state index contributed by atoms with van der Waals surface area (Å²) in [6.45, 7) is 0.372. The lowest BCUT2D eigenvalue weighted by atomic mass is 9.93. The van der Waals surface area contributed by atoms with Crippen LogP contribution in [0.5, 0.6) is 0 Å². The summed E-state index contributed by atoms with van der Waals surface area (Å²) in [5.74, 6) is 0. The number of nitrogens with zero attached hydrogens (tertiary/aromatic N) is 3. The smallest absolute Gasteiger partial charge is 0.311 e. The molecule has 0 spiro atoms. The van der Waals surface area contributed by atoms with Gasteiger partial charge in [0.15, 0.2) is 0 Å². The Morgan fingerprint density at radius 2 is 2.10 bits per heavy atom. The summed E-state index contributed by atoms with van der Waals surface area (Å²) in [6.07, 6.45) is 8.32. The van der Waals surface area contributed by atoms with E-state index in [1.807, 2.05) is 4.90 Å². The van der Waals surface area contributed by atoms with Crippen molar-refractivity contribution >= 4 is 27.3 Å². The molecule has 20 heavy (non-hydrogen) atoms. The molecule has 1 fully saturated rings. The van der Waals surface area contributed by atoms with Crippen LogP contribution in [0.3, 0.4) is 0 Å². The first-order valence-electron chi connectivity index (χ1n) is 6.80. The van der Waals surface area contributed by atoms with Gasteiger partial charge in [-0.2, -0.15) is 0 Å². The molecular weight excluding hydrogens is 326 g/mol. The summed E-state index contributed by atoms with van der Waals surface area (Å²) >= 11 is 3.36. The second-order valence-electron chi connectivity index (χ2n) is 4.95. The molecular formula is C13H18BrN3O3. The third-order valence-electron chi connectivity index (χ3n) is 3.69. The maximum Gasteiger partial charge on any atom is 0.311 e. The Balaban J connectivity index is 2.39. The van der Waals surface area contributed by atoms with Gasteiger partial charge in [-0.15, -0.1) is 0 Å². The zero-order valence-electron chi connectivity index (χ0n) is 11.2. The van der Waals surface area contributed by atoms with Crippen molar-refractivity contribution < 1.29 is 10.0 Å². The van der Waals surface area contributed by atoms with Crippen LogP contribution in [0.25, 0.3) is 0 Å². The van der Waals surface area contributed by atoms with E-state index < -0.39 is 4.92 Å². The summed E-state index contributed by atoms with van der Waals surface area (Å²) in [5, 5.41) is 20.5. The Kier molecular flexibility index (Phi) is 5.31. The molecule has 1 aliphatic rings. The van der Waals surface area contributed by atoms with Gasteiger partial charge in [0.2, 0.25) is 0 Å². The van der Waals surface area contributed by atoms with Gasteiger partial charge in [-0.1, -0.05) is 19.3 Å². The van der Waals surface area contributed by atoms with Crippen LogP contribution in [0.1, 0.15) is 32.1 Å². The molecule has 2 rings (SSSR count). The van der Waals surface area contributed by atoms with E-state index in [2.05, 4.69) is 20.9 Å². The second-order valence-corrected chi connectivity index (χ2v) is 5.81. The zero-order valence-corrected chi connectivity index (χ0v) is 12.8. The summed E-state index contributed by atoms with van der Waals surface area (Å²) in [4.78, 5) is 16.6. The van der Waals surface area contributed by atoms with Gasteiger partial charge in [0.1, 0.15) is 11.9 Å². The lowest BCUT2D eigenvalue weighted by molar-refractivity contribution is -0.384. The SMILES string of the molecule is O=[N+]([O-])c1cncc(Br)c1N(CCO)C1CCCCC1. The van der Waals surface area contributed by atoms with Gasteiger partial charge in [0.25, 0.3) is 0 Å². The third-order valence-corrected chi connectivity index (χ3v) is 4.27. The second kappa shape index (κ2) is 6.99. The van der Waals surface area contributed by atoms with Crippen molar-refractivity contribution in [2.75, 3.05) is 18.1 Å². The molecule has 0 aliphatic heterocycles. The van der Waals surface area contributed by atoms with E-state index in [9.17, 15) is 15.2 Å². The van der Waals surface area contributed by atoms with Gasteiger partial charge < -0.3 is 10.0 Å². The van der Waals surface area contributed by atoms with Gasteiger partial charge in [-0.05, 0) is 28.8 Å². The van der Waals surface area contributed by atoms with Crippen LogP contribution < -0.4 is 4.90 Å². The van der Waals surface area contributed by atoms with Crippen LogP contribution in [0.4, 0.5) is 11.4 Å². The number of anilines is 1. The number of pyridine rings is 1. The summed E-state index contributed by atoms with van der Waals surface area (Å²) < 4.78 is 0.603. The number of hydrogen-bond donors (Lipinski definition) is 1. The highest BCUT2D eigenvalue weighted by atomic mass is 79.9. The van der Waals surface area contributed by atoms with E-state index in [0.717, 1.165) is 25.7 Å². The topological polar surface area (TPSA) is 79.5 Å². The molecule has 6 nitrogen and oxygen atoms in total. The summed E-state index contributed by atoms with van der Waals surface area (Å²) in [6, 6.07) is 0.244. The first kappa shape index (κ1) is 15.2. The molecule has 0 amide bonds. The van der Waals surface area contributed by atoms with Crippen molar-refractivity contribution in [3.05, 3.63) is 27.0 Å². The lowest BCUT2D eigenvalue weighted by Crippen LogP contribution is -2.39. The third kappa shape index (κ3) is 3.27. The summed E-state index contributed by atoms with van der Waals surface area (Å²) in [5.41, 5.74) is 0.518. The highest BCUT2D eigenvalue weighted by Crippen LogP contribution is 2.38. The molecule has 1 N–H and O–H groups in total. The van der Waals surface area contributed by atoms with Crippen LogP contribution in [-0.4, -0.2) is 34.2 Å². The molecule has 1 saturated carbocycles. The fourth-order valence-electron chi connectivity index (χ4n) is 2.81. The number of aromatic nitrogens is 1. The van der Waals surface area contributed by atoms with E-state index in [1.54, 1.807) is 6.20 Å². The number of aliphatic hydroxyl groups excluding tert-OH is 1. The van der Waals surface area contributed by atoms with Gasteiger partial charge in [-0.3, -0.25) is 15.1 Å². The van der Waals surface area contributed by atoms with Crippen molar-refractivity contribution in [3.8, 4) is 0 Å². The molecule has 1 aromatic rings. The minimum Gasteiger partial charge on any atom is -0.395 e. The lowest BCUT2D eigenvalue weighted by Gasteiger charge is -2.35. The predicted octanol–water partition coefficient (Wildman–Crippen LogP) is 2.88. The van der Waals surface area contributed by atoms with Gasteiger partial charge >= 0.3 is 5.69 Å². The number of aliphatic hydroxyl groups is 1. The molecule has 0 radical (unpaired) electrons. The normalized spacial score (nSPS) is 16.1. The Morgan fingerprint density at radius 1 is 1.40 bits per heavy atom. The van der Waals surface area contributed by atoms with E-state index in [4.69, 9.17) is 0 Å². The number of nitro groups is 1. The fraction of sp³-hybridized carbons (Fsp3) is 0.615. The Hall–Kier alpha value is -1.21. The van der Waals surface area contributed by atoms with Crippen molar-refractivity contribution in [2.24, 2.45) is 0 Å². The number of rotatable bonds is 5. The molecule has 0 unspecified atom stereocenters. The van der Waals surface area contributed by atoms with Crippen molar-refractivity contribution in [2.45, 2.75) is 38.1 Å². The van der Waals surface area contributed by atoms with E-state index in [-0.39, 0.29) is 18.3 Å². The van der Waals surface area contributed by atoms with Gasteiger partial charge in [0, 0.05) is 18.8 Å². The maximum atomic E-state index is 11.2. The molecule has 0 bridgehead atoms. The standard InChI is InChI=1S/C13H18BrN3O3/c14-11-8-15-9-12(17(19)20)13(11)16(6-7-18)10-4-2-1-3-5-10/h8-10,18H,1-7H2. The van der Waals surface area contributed by atoms with Crippen LogP contribution in [0.15, 0.2) is 16.9 Å². The molecule has 0 aromatic carbocycles. The molecule has 0 saturated heterocycles. The Bertz CT molecular complexity index is 478. The quantitative estimate of drug-likeness (QED) is 0.656. The predicted molar refractivity (Wildman–Crippen MR) is 79.9 cm³/mol. The maximum absolute atomic E-state index is 11.2. The minimum atomic E-state index is -0.416. The minimum absolute atomic E-state index is 0.0154. The van der Waals surface area contributed by atoms with Crippen molar-refractivity contribution in [1.82, 2.24) is 4.98 Å². The van der Waals surface area contributed by atoms with Gasteiger partial charge in [0.05, 0.1) is 16.0 Å². The first-order valence-corrected chi connectivity index (χ1v) is 7.60. The van der Waals surface area contributed by atoms with Crippen molar-refractivity contribution in [1.29, 1.82) is 0 Å². The van der Waals surface area contributed by atoms with Crippen LogP contribution in [-0.2, 0) is 0 Å². The summed E-state index contributed by atoms with van der Waals surface area (Å²) in [7, 11) is 0. The Labute approximate surface area is 126 Å². The van der Waals surface area contributed by atoms with Crippen LogP contribution in [0.2, 0.25) is 0 Å². The molecule has 1 aromatic heterocycles. The largest absolute Gasteiger partial charge is 0.395 e. The average Bonchev–Trinajstić information content (AvgIpc) is 2.46. The highest BCUT2D eigenvalue weighted by molar-refractivity contribution is 9.10.